The molecule has 0 aromatic heterocycles. The third-order valence-electron chi connectivity index (χ3n) is 3.62. The predicted molar refractivity (Wildman–Crippen MR) is 80.7 cm³/mol. The zero-order valence-electron chi connectivity index (χ0n) is 12.3. The van der Waals surface area contributed by atoms with E-state index in [2.05, 4.69) is 50.4 Å². The highest BCUT2D eigenvalue weighted by atomic mass is 16.5. The number of nitrogens with one attached hydrogen (secondary N) is 1. The molecule has 0 saturated heterocycles. The van der Waals surface area contributed by atoms with Gasteiger partial charge in [-0.15, -0.1) is 0 Å². The van der Waals surface area contributed by atoms with Gasteiger partial charge in [0, 0.05) is 6.04 Å². The molecule has 1 atom stereocenters. The molecule has 0 amide bonds. The van der Waals surface area contributed by atoms with E-state index in [0.717, 1.165) is 12.3 Å². The van der Waals surface area contributed by atoms with Gasteiger partial charge in [-0.1, -0.05) is 18.6 Å². The third-order valence-corrected chi connectivity index (χ3v) is 3.62. The fourth-order valence-corrected chi connectivity index (χ4v) is 2.64. The Bertz CT molecular complexity index is 447. The first-order valence-electron chi connectivity index (χ1n) is 7.33. The number of ether oxygens (including phenoxy) is 1. The Morgan fingerprint density at radius 3 is 3.00 bits per heavy atom. The van der Waals surface area contributed by atoms with Crippen molar-refractivity contribution in [1.82, 2.24) is 5.32 Å². The molecule has 0 saturated carbocycles. The molecule has 1 aliphatic carbocycles. The van der Waals surface area contributed by atoms with E-state index in [1.54, 1.807) is 0 Å². The molecule has 2 nitrogen and oxygen atoms in total. The SMILES string of the molecule is CCNC1CCCc2cc(OCC=C(C)C)ccc21. The number of aryl methyl sites for hydroxylation is 1. The van der Waals surface area contributed by atoms with E-state index >= 15 is 0 Å². The van der Waals surface area contributed by atoms with Crippen LogP contribution >= 0.6 is 0 Å². The van der Waals surface area contributed by atoms with Gasteiger partial charge in [-0.25, -0.2) is 0 Å². The lowest BCUT2D eigenvalue weighted by Gasteiger charge is -2.26. The van der Waals surface area contributed by atoms with Crippen LogP contribution in [0.2, 0.25) is 0 Å². The topological polar surface area (TPSA) is 21.3 Å². The third kappa shape index (κ3) is 3.84. The van der Waals surface area contributed by atoms with Crippen molar-refractivity contribution in [3.8, 4) is 5.75 Å². The number of allylic oxidation sites excluding steroid dienone is 1. The molecule has 1 aromatic rings. The fourth-order valence-electron chi connectivity index (χ4n) is 2.64. The summed E-state index contributed by atoms with van der Waals surface area (Å²) in [5.74, 6) is 0.994. The molecule has 1 aromatic carbocycles. The molecule has 2 heteroatoms. The van der Waals surface area contributed by atoms with Gasteiger partial charge in [0.15, 0.2) is 0 Å². The molecular weight excluding hydrogens is 234 g/mol. The minimum Gasteiger partial charge on any atom is -0.490 e. The summed E-state index contributed by atoms with van der Waals surface area (Å²) in [5, 5.41) is 3.57. The van der Waals surface area contributed by atoms with Crippen LogP contribution in [0.15, 0.2) is 29.8 Å². The summed E-state index contributed by atoms with van der Waals surface area (Å²) >= 11 is 0. The van der Waals surface area contributed by atoms with Crippen molar-refractivity contribution in [2.45, 2.75) is 46.1 Å². The van der Waals surface area contributed by atoms with Crippen LogP contribution in [0, 0.1) is 0 Å². The summed E-state index contributed by atoms with van der Waals surface area (Å²) in [5.41, 5.74) is 4.21. The smallest absolute Gasteiger partial charge is 0.120 e. The second kappa shape index (κ2) is 6.76. The number of hydrogen-bond donors (Lipinski definition) is 1. The molecule has 1 unspecified atom stereocenters. The second-order valence-corrected chi connectivity index (χ2v) is 5.46. The first-order chi connectivity index (χ1) is 9.20. The summed E-state index contributed by atoms with van der Waals surface area (Å²) in [6, 6.07) is 7.09. The lowest BCUT2D eigenvalue weighted by molar-refractivity contribution is 0.360. The molecule has 1 N–H and O–H groups in total. The average molecular weight is 259 g/mol. The van der Waals surface area contributed by atoms with Crippen LogP contribution in [0.1, 0.15) is 50.8 Å². The van der Waals surface area contributed by atoms with Gasteiger partial charge in [0.05, 0.1) is 0 Å². The molecule has 19 heavy (non-hydrogen) atoms. The van der Waals surface area contributed by atoms with Crippen LogP contribution in [-0.4, -0.2) is 13.2 Å². The predicted octanol–water partition coefficient (Wildman–Crippen LogP) is 4.02. The van der Waals surface area contributed by atoms with E-state index in [4.69, 9.17) is 4.74 Å². The number of rotatable bonds is 5. The maximum atomic E-state index is 5.78. The monoisotopic (exact) mass is 259 g/mol. The van der Waals surface area contributed by atoms with Crippen molar-refractivity contribution in [3.05, 3.63) is 41.0 Å². The van der Waals surface area contributed by atoms with Crippen molar-refractivity contribution in [1.29, 1.82) is 0 Å². The van der Waals surface area contributed by atoms with Crippen molar-refractivity contribution < 1.29 is 4.74 Å². The van der Waals surface area contributed by atoms with Crippen LogP contribution in [0.5, 0.6) is 5.75 Å². The summed E-state index contributed by atoms with van der Waals surface area (Å²) in [4.78, 5) is 0. The van der Waals surface area contributed by atoms with Crippen molar-refractivity contribution in [2.24, 2.45) is 0 Å². The highest BCUT2D eigenvalue weighted by Crippen LogP contribution is 2.32. The van der Waals surface area contributed by atoms with Crippen molar-refractivity contribution in [2.75, 3.05) is 13.2 Å². The lowest BCUT2D eigenvalue weighted by atomic mass is 9.87. The molecule has 0 fully saturated rings. The zero-order valence-corrected chi connectivity index (χ0v) is 12.3. The maximum Gasteiger partial charge on any atom is 0.120 e. The summed E-state index contributed by atoms with van der Waals surface area (Å²) in [6.07, 6.45) is 5.80. The van der Waals surface area contributed by atoms with Crippen molar-refractivity contribution >= 4 is 0 Å². The Labute approximate surface area is 116 Å². The van der Waals surface area contributed by atoms with Gasteiger partial charge in [-0.2, -0.15) is 0 Å². The first-order valence-corrected chi connectivity index (χ1v) is 7.33. The van der Waals surface area contributed by atoms with Crippen LogP contribution in [0.3, 0.4) is 0 Å². The molecular formula is C17H25NO. The largest absolute Gasteiger partial charge is 0.490 e. The van der Waals surface area contributed by atoms with Gasteiger partial charge < -0.3 is 10.1 Å². The second-order valence-electron chi connectivity index (χ2n) is 5.46. The molecule has 0 aliphatic heterocycles. The summed E-state index contributed by atoms with van der Waals surface area (Å²) in [6.45, 7) is 8.06. The van der Waals surface area contributed by atoms with Gasteiger partial charge in [0.2, 0.25) is 0 Å². The standard InChI is InChI=1S/C17H25NO/c1-4-18-17-7-5-6-14-12-15(8-9-16(14)17)19-11-10-13(2)3/h8-10,12,17-18H,4-7,11H2,1-3H3. The zero-order chi connectivity index (χ0) is 13.7. The highest BCUT2D eigenvalue weighted by molar-refractivity contribution is 5.39. The molecule has 104 valence electrons. The quantitative estimate of drug-likeness (QED) is 0.806. The minimum atomic E-state index is 0.528. The van der Waals surface area contributed by atoms with E-state index in [1.807, 2.05) is 0 Å². The molecule has 0 radical (unpaired) electrons. The van der Waals surface area contributed by atoms with Gasteiger partial charge in [0.1, 0.15) is 12.4 Å². The average Bonchev–Trinajstić information content (AvgIpc) is 2.39. The Hall–Kier alpha value is -1.28. The molecule has 0 bridgehead atoms. The lowest BCUT2D eigenvalue weighted by Crippen LogP contribution is -2.24. The van der Waals surface area contributed by atoms with Crippen LogP contribution in [0.4, 0.5) is 0 Å². The van der Waals surface area contributed by atoms with E-state index in [1.165, 1.54) is 36.0 Å². The van der Waals surface area contributed by atoms with Crippen LogP contribution in [-0.2, 0) is 6.42 Å². The van der Waals surface area contributed by atoms with E-state index in [-0.39, 0.29) is 0 Å². The highest BCUT2D eigenvalue weighted by Gasteiger charge is 2.19. The molecule has 0 heterocycles. The molecule has 2 rings (SSSR count). The summed E-state index contributed by atoms with van der Waals surface area (Å²) < 4.78 is 5.78. The molecule has 0 spiro atoms. The normalized spacial score (nSPS) is 17.7. The maximum absolute atomic E-state index is 5.78. The first kappa shape index (κ1) is 14.1. The van der Waals surface area contributed by atoms with Crippen LogP contribution < -0.4 is 10.1 Å². The van der Waals surface area contributed by atoms with Gasteiger partial charge in [-0.05, 0) is 69.0 Å². The van der Waals surface area contributed by atoms with Gasteiger partial charge in [-0.3, -0.25) is 0 Å². The minimum absolute atomic E-state index is 0.528. The van der Waals surface area contributed by atoms with E-state index < -0.39 is 0 Å². The Morgan fingerprint density at radius 1 is 1.42 bits per heavy atom. The Balaban J connectivity index is 2.08. The number of benzene rings is 1. The molecule has 1 aliphatic rings. The number of hydrogen-bond acceptors (Lipinski definition) is 2. The van der Waals surface area contributed by atoms with E-state index in [9.17, 15) is 0 Å². The van der Waals surface area contributed by atoms with E-state index in [0.29, 0.717) is 12.6 Å². The van der Waals surface area contributed by atoms with Crippen molar-refractivity contribution in [3.63, 3.8) is 0 Å². The van der Waals surface area contributed by atoms with Gasteiger partial charge >= 0.3 is 0 Å². The Morgan fingerprint density at radius 2 is 2.26 bits per heavy atom. The summed E-state index contributed by atoms with van der Waals surface area (Å²) in [7, 11) is 0. The van der Waals surface area contributed by atoms with Gasteiger partial charge in [0.25, 0.3) is 0 Å². The Kier molecular flexibility index (Phi) is 5.03. The van der Waals surface area contributed by atoms with Crippen LogP contribution in [0.25, 0.3) is 0 Å². The fraction of sp³-hybridized carbons (Fsp3) is 0.529. The number of fused-ring (bicyclic) bond motifs is 1.